The highest BCUT2D eigenvalue weighted by Crippen LogP contribution is 2.28. The number of aliphatic carboxylic acids is 1. The summed E-state index contributed by atoms with van der Waals surface area (Å²) < 4.78 is 0. The number of benzene rings is 1. The second kappa shape index (κ2) is 6.58. The summed E-state index contributed by atoms with van der Waals surface area (Å²) in [6, 6.07) is 9.03. The summed E-state index contributed by atoms with van der Waals surface area (Å²) in [5.74, 6) is -1.15. The first-order valence-electron chi connectivity index (χ1n) is 5.79. The maximum Gasteiger partial charge on any atom is 0.345 e. The average Bonchev–Trinajstić information content (AvgIpc) is 2.86. The van der Waals surface area contributed by atoms with Crippen LogP contribution in [0.4, 0.5) is 0 Å². The Labute approximate surface area is 124 Å². The molecule has 0 spiro atoms. The maximum atomic E-state index is 10.8. The molecule has 0 radical (unpaired) electrons. The zero-order valence-electron chi connectivity index (χ0n) is 10.4. The second-order valence-electron chi connectivity index (χ2n) is 4.08. The van der Waals surface area contributed by atoms with Crippen molar-refractivity contribution in [1.82, 2.24) is 0 Å². The van der Waals surface area contributed by atoms with Crippen molar-refractivity contribution in [2.45, 2.75) is 17.1 Å². The van der Waals surface area contributed by atoms with Crippen molar-refractivity contribution in [3.05, 3.63) is 51.7 Å². The van der Waals surface area contributed by atoms with Gasteiger partial charge >= 0.3 is 11.9 Å². The van der Waals surface area contributed by atoms with Gasteiger partial charge in [0.15, 0.2) is 0 Å². The smallest absolute Gasteiger partial charge is 0.345 e. The number of carboxylic acids is 2. The topological polar surface area (TPSA) is 74.6 Å². The third kappa shape index (κ3) is 3.85. The largest absolute Gasteiger partial charge is 0.481 e. The van der Waals surface area contributed by atoms with E-state index in [9.17, 15) is 9.59 Å². The van der Waals surface area contributed by atoms with Crippen LogP contribution >= 0.6 is 23.1 Å². The molecule has 0 saturated carbocycles. The Bertz CT molecular complexity index is 634. The van der Waals surface area contributed by atoms with Crippen LogP contribution in [0.1, 0.15) is 20.8 Å². The molecular weight excluding hydrogens is 296 g/mol. The summed E-state index contributed by atoms with van der Waals surface area (Å²) in [4.78, 5) is 22.8. The fraction of sp³-hybridized carbons (Fsp3) is 0.143. The van der Waals surface area contributed by atoms with E-state index in [-0.39, 0.29) is 6.42 Å². The minimum atomic E-state index is -0.923. The third-order valence-electron chi connectivity index (χ3n) is 2.64. The van der Waals surface area contributed by atoms with Crippen molar-refractivity contribution in [3.8, 4) is 0 Å². The summed E-state index contributed by atoms with van der Waals surface area (Å²) in [5.41, 5.74) is 1.75. The van der Waals surface area contributed by atoms with Gasteiger partial charge in [-0.05, 0) is 17.2 Å². The van der Waals surface area contributed by atoms with Crippen molar-refractivity contribution in [3.63, 3.8) is 0 Å². The van der Waals surface area contributed by atoms with E-state index >= 15 is 0 Å². The lowest BCUT2D eigenvalue weighted by Gasteiger charge is -2.06. The van der Waals surface area contributed by atoms with E-state index in [1.54, 1.807) is 17.5 Å². The fourth-order valence-electron chi connectivity index (χ4n) is 1.70. The van der Waals surface area contributed by atoms with Gasteiger partial charge in [0, 0.05) is 16.0 Å². The van der Waals surface area contributed by atoms with E-state index in [2.05, 4.69) is 0 Å². The van der Waals surface area contributed by atoms with E-state index in [1.165, 1.54) is 23.1 Å². The zero-order valence-corrected chi connectivity index (χ0v) is 12.0. The fourth-order valence-corrected chi connectivity index (χ4v) is 3.60. The molecule has 0 amide bonds. The highest BCUT2D eigenvalue weighted by Gasteiger charge is 2.09. The summed E-state index contributed by atoms with van der Waals surface area (Å²) in [6.45, 7) is 0. The summed E-state index contributed by atoms with van der Waals surface area (Å²) in [7, 11) is 0. The Kier molecular flexibility index (Phi) is 4.81. The lowest BCUT2D eigenvalue weighted by molar-refractivity contribution is -0.136. The van der Waals surface area contributed by atoms with Crippen LogP contribution in [0.2, 0.25) is 0 Å². The Morgan fingerprint density at radius 3 is 2.45 bits per heavy atom. The quantitative estimate of drug-likeness (QED) is 0.800. The molecule has 0 aliphatic carbocycles. The minimum absolute atomic E-state index is 0.000740. The van der Waals surface area contributed by atoms with Gasteiger partial charge in [0.1, 0.15) is 4.88 Å². The molecule has 6 heteroatoms. The molecule has 0 atom stereocenters. The molecule has 0 fully saturated rings. The van der Waals surface area contributed by atoms with Crippen molar-refractivity contribution < 1.29 is 19.8 Å². The lowest BCUT2D eigenvalue weighted by Crippen LogP contribution is -2.02. The van der Waals surface area contributed by atoms with Gasteiger partial charge in [-0.3, -0.25) is 4.79 Å². The number of carbonyl (C=O) groups is 2. The van der Waals surface area contributed by atoms with Crippen LogP contribution in [0.25, 0.3) is 0 Å². The first kappa shape index (κ1) is 14.6. The average molecular weight is 308 g/mol. The van der Waals surface area contributed by atoms with E-state index in [1.807, 2.05) is 18.2 Å². The van der Waals surface area contributed by atoms with Gasteiger partial charge < -0.3 is 10.2 Å². The molecule has 1 aromatic carbocycles. The van der Waals surface area contributed by atoms with Gasteiger partial charge in [-0.25, -0.2) is 4.79 Å². The number of rotatable bonds is 6. The molecule has 2 rings (SSSR count). The van der Waals surface area contributed by atoms with Crippen molar-refractivity contribution in [2.24, 2.45) is 0 Å². The van der Waals surface area contributed by atoms with Crippen LogP contribution in [0, 0.1) is 0 Å². The molecule has 1 heterocycles. The van der Waals surface area contributed by atoms with Gasteiger partial charge in [0.25, 0.3) is 0 Å². The summed E-state index contributed by atoms with van der Waals surface area (Å²) >= 11 is 2.70. The van der Waals surface area contributed by atoms with Gasteiger partial charge in [0.05, 0.1) is 6.42 Å². The van der Waals surface area contributed by atoms with Gasteiger partial charge in [-0.15, -0.1) is 23.1 Å². The van der Waals surface area contributed by atoms with Gasteiger partial charge in [-0.1, -0.05) is 24.3 Å². The molecular formula is C14H12O4S2. The lowest BCUT2D eigenvalue weighted by atomic mass is 10.1. The number of hydrogen-bond acceptors (Lipinski definition) is 4. The Morgan fingerprint density at radius 1 is 1.15 bits per heavy atom. The normalized spacial score (nSPS) is 10.4. The van der Waals surface area contributed by atoms with Crippen LogP contribution in [-0.4, -0.2) is 22.2 Å². The standard InChI is InChI=1S/C14H12O4S2/c15-13(16)5-9-3-1-2-4-10(9)7-19-11-6-12(14(17)18)20-8-11/h1-4,6,8H,5,7H2,(H,15,16)(H,17,18). The molecule has 0 unspecified atom stereocenters. The number of carboxylic acid groups (broad SMARTS) is 2. The molecule has 1 aromatic heterocycles. The van der Waals surface area contributed by atoms with Gasteiger partial charge in [-0.2, -0.15) is 0 Å². The summed E-state index contributed by atoms with van der Waals surface area (Å²) in [6.07, 6.45) is 0.000740. The molecule has 4 nitrogen and oxygen atoms in total. The first-order chi connectivity index (χ1) is 9.56. The van der Waals surface area contributed by atoms with Crippen molar-refractivity contribution in [1.29, 1.82) is 0 Å². The maximum absolute atomic E-state index is 10.8. The van der Waals surface area contributed by atoms with Gasteiger partial charge in [0.2, 0.25) is 0 Å². The highest BCUT2D eigenvalue weighted by molar-refractivity contribution is 7.98. The molecule has 2 N–H and O–H groups in total. The number of thioether (sulfide) groups is 1. The molecule has 2 aromatic rings. The van der Waals surface area contributed by atoms with Crippen LogP contribution in [0.5, 0.6) is 0 Å². The molecule has 104 valence electrons. The van der Waals surface area contributed by atoms with E-state index < -0.39 is 11.9 Å². The SMILES string of the molecule is O=C(O)Cc1ccccc1CSc1csc(C(=O)O)c1. The Balaban J connectivity index is 2.06. The van der Waals surface area contributed by atoms with Crippen LogP contribution in [0.15, 0.2) is 40.6 Å². The Morgan fingerprint density at radius 2 is 1.85 bits per heavy atom. The van der Waals surface area contributed by atoms with Crippen LogP contribution < -0.4 is 0 Å². The molecule has 0 aliphatic rings. The highest BCUT2D eigenvalue weighted by atomic mass is 32.2. The molecule has 0 aliphatic heterocycles. The van der Waals surface area contributed by atoms with Crippen LogP contribution in [-0.2, 0) is 17.0 Å². The minimum Gasteiger partial charge on any atom is -0.481 e. The first-order valence-corrected chi connectivity index (χ1v) is 7.66. The second-order valence-corrected chi connectivity index (χ2v) is 6.04. The van der Waals surface area contributed by atoms with Crippen molar-refractivity contribution >= 4 is 35.0 Å². The molecule has 20 heavy (non-hydrogen) atoms. The Hall–Kier alpha value is -1.79. The van der Waals surface area contributed by atoms with E-state index in [0.717, 1.165) is 16.0 Å². The number of hydrogen-bond donors (Lipinski definition) is 2. The molecule has 0 bridgehead atoms. The third-order valence-corrected chi connectivity index (χ3v) is 4.73. The van der Waals surface area contributed by atoms with E-state index in [4.69, 9.17) is 10.2 Å². The van der Waals surface area contributed by atoms with Crippen molar-refractivity contribution in [2.75, 3.05) is 0 Å². The molecule has 0 saturated heterocycles. The predicted molar refractivity (Wildman–Crippen MR) is 78.6 cm³/mol. The monoisotopic (exact) mass is 308 g/mol. The van der Waals surface area contributed by atoms with E-state index in [0.29, 0.717) is 10.6 Å². The zero-order chi connectivity index (χ0) is 14.5. The summed E-state index contributed by atoms with van der Waals surface area (Å²) in [5, 5.41) is 19.5. The van der Waals surface area contributed by atoms with Crippen LogP contribution in [0.3, 0.4) is 0 Å². The number of aromatic carboxylic acids is 1. The number of thiophene rings is 1. The predicted octanol–water partition coefficient (Wildman–Crippen LogP) is 3.37.